The van der Waals surface area contributed by atoms with Crippen molar-refractivity contribution in [3.63, 3.8) is 0 Å². The lowest BCUT2D eigenvalue weighted by atomic mass is 10.2. The number of amides is 2. The van der Waals surface area contributed by atoms with Crippen LogP contribution in [0.3, 0.4) is 0 Å². The number of pyridine rings is 1. The van der Waals surface area contributed by atoms with Crippen LogP contribution in [0.1, 0.15) is 23.0 Å². The van der Waals surface area contributed by atoms with Gasteiger partial charge < -0.3 is 15.4 Å². The monoisotopic (exact) mass is 301 g/mol. The van der Waals surface area contributed by atoms with Crippen LogP contribution in [-0.2, 0) is 11.3 Å². The third kappa shape index (κ3) is 4.51. The van der Waals surface area contributed by atoms with E-state index < -0.39 is 6.09 Å². The summed E-state index contributed by atoms with van der Waals surface area (Å²) in [5, 5.41) is 5.21. The molecule has 0 aromatic carbocycles. The molecule has 0 aliphatic carbocycles. The quantitative estimate of drug-likeness (QED) is 0.864. The molecule has 0 spiro atoms. The number of carbonyl (C=O) groups excluding carboxylic acids is 2. The van der Waals surface area contributed by atoms with Crippen molar-refractivity contribution in [3.8, 4) is 0 Å². The molecule has 2 heterocycles. The van der Waals surface area contributed by atoms with Gasteiger partial charge in [-0.3, -0.25) is 9.78 Å². The zero-order chi connectivity index (χ0) is 15.8. The van der Waals surface area contributed by atoms with Crippen molar-refractivity contribution in [2.75, 3.05) is 11.9 Å². The van der Waals surface area contributed by atoms with Crippen molar-refractivity contribution >= 4 is 17.7 Å². The van der Waals surface area contributed by atoms with E-state index in [2.05, 4.69) is 25.6 Å². The highest BCUT2D eigenvalue weighted by Crippen LogP contribution is 2.07. The zero-order valence-electron chi connectivity index (χ0n) is 11.9. The van der Waals surface area contributed by atoms with E-state index in [1.807, 2.05) is 0 Å². The minimum Gasteiger partial charge on any atom is -0.450 e. The molecule has 8 heteroatoms. The third-order valence-electron chi connectivity index (χ3n) is 2.59. The summed E-state index contributed by atoms with van der Waals surface area (Å²) in [6, 6.07) is 3.17. The van der Waals surface area contributed by atoms with Crippen LogP contribution in [0, 0.1) is 0 Å². The molecule has 0 atom stereocenters. The SMILES string of the molecule is CCOC(=O)NCc1cc(C(=O)Nc2cncnc2)ccn1. The van der Waals surface area contributed by atoms with Crippen LogP contribution in [0.4, 0.5) is 10.5 Å². The van der Waals surface area contributed by atoms with Gasteiger partial charge >= 0.3 is 6.09 Å². The minimum absolute atomic E-state index is 0.175. The highest BCUT2D eigenvalue weighted by atomic mass is 16.5. The van der Waals surface area contributed by atoms with Crippen molar-refractivity contribution in [1.29, 1.82) is 0 Å². The number of nitrogens with zero attached hydrogens (tertiary/aromatic N) is 3. The van der Waals surface area contributed by atoms with E-state index in [0.717, 1.165) is 0 Å². The van der Waals surface area contributed by atoms with E-state index in [0.29, 0.717) is 23.6 Å². The first-order valence-electron chi connectivity index (χ1n) is 6.61. The number of nitrogens with one attached hydrogen (secondary N) is 2. The Balaban J connectivity index is 1.98. The second-order valence-corrected chi connectivity index (χ2v) is 4.19. The van der Waals surface area contributed by atoms with Gasteiger partial charge in [0.25, 0.3) is 5.91 Å². The third-order valence-corrected chi connectivity index (χ3v) is 2.59. The summed E-state index contributed by atoms with van der Waals surface area (Å²) in [7, 11) is 0. The van der Waals surface area contributed by atoms with Crippen LogP contribution in [0.15, 0.2) is 37.1 Å². The molecule has 8 nitrogen and oxygen atoms in total. The Bertz CT molecular complexity index is 648. The highest BCUT2D eigenvalue weighted by Gasteiger charge is 2.08. The molecule has 2 aromatic rings. The summed E-state index contributed by atoms with van der Waals surface area (Å²) in [6.45, 7) is 2.19. The van der Waals surface area contributed by atoms with Gasteiger partial charge in [0.2, 0.25) is 0 Å². The van der Waals surface area contributed by atoms with E-state index in [1.165, 1.54) is 24.9 Å². The molecule has 0 bridgehead atoms. The van der Waals surface area contributed by atoms with Crippen LogP contribution in [0.25, 0.3) is 0 Å². The predicted octanol–water partition coefficient (Wildman–Crippen LogP) is 1.37. The van der Waals surface area contributed by atoms with E-state index in [4.69, 9.17) is 4.74 Å². The molecule has 114 valence electrons. The first kappa shape index (κ1) is 15.4. The topological polar surface area (TPSA) is 106 Å². The van der Waals surface area contributed by atoms with E-state index in [9.17, 15) is 9.59 Å². The Hall–Kier alpha value is -3.03. The summed E-state index contributed by atoms with van der Waals surface area (Å²) in [5.41, 5.74) is 1.46. The maximum atomic E-state index is 12.1. The van der Waals surface area contributed by atoms with Crippen molar-refractivity contribution in [1.82, 2.24) is 20.3 Å². The molecule has 22 heavy (non-hydrogen) atoms. The van der Waals surface area contributed by atoms with Crippen molar-refractivity contribution in [2.45, 2.75) is 13.5 Å². The smallest absolute Gasteiger partial charge is 0.407 e. The molecule has 0 fully saturated rings. The molecule has 2 amide bonds. The fourth-order valence-corrected chi connectivity index (χ4v) is 1.63. The van der Waals surface area contributed by atoms with Crippen molar-refractivity contribution in [2.24, 2.45) is 0 Å². The Morgan fingerprint density at radius 2 is 2.05 bits per heavy atom. The van der Waals surface area contributed by atoms with Crippen LogP contribution in [0.5, 0.6) is 0 Å². The van der Waals surface area contributed by atoms with Gasteiger partial charge in [-0.1, -0.05) is 0 Å². The molecule has 0 aliphatic rings. The summed E-state index contributed by atoms with van der Waals surface area (Å²) >= 11 is 0. The fraction of sp³-hybridized carbons (Fsp3) is 0.214. The molecule has 2 N–H and O–H groups in total. The molecular formula is C14H15N5O3. The van der Waals surface area contributed by atoms with E-state index in [-0.39, 0.29) is 12.5 Å². The second-order valence-electron chi connectivity index (χ2n) is 4.19. The van der Waals surface area contributed by atoms with Gasteiger partial charge in [-0.15, -0.1) is 0 Å². The highest BCUT2D eigenvalue weighted by molar-refractivity contribution is 6.04. The van der Waals surface area contributed by atoms with Gasteiger partial charge in [-0.05, 0) is 19.1 Å². The number of alkyl carbamates (subject to hydrolysis) is 1. The number of ether oxygens (including phenoxy) is 1. The first-order chi connectivity index (χ1) is 10.7. The number of anilines is 1. The number of rotatable bonds is 5. The van der Waals surface area contributed by atoms with E-state index in [1.54, 1.807) is 19.1 Å². The molecule has 0 unspecified atom stereocenters. The van der Waals surface area contributed by atoms with Crippen molar-refractivity contribution < 1.29 is 14.3 Å². The van der Waals surface area contributed by atoms with Crippen LogP contribution < -0.4 is 10.6 Å². The lowest BCUT2D eigenvalue weighted by molar-refractivity contribution is 0.102. The molecule has 0 saturated heterocycles. The summed E-state index contributed by atoms with van der Waals surface area (Å²) in [5.74, 6) is -0.311. The van der Waals surface area contributed by atoms with Gasteiger partial charge in [-0.2, -0.15) is 0 Å². The summed E-state index contributed by atoms with van der Waals surface area (Å²) < 4.78 is 4.75. The largest absolute Gasteiger partial charge is 0.450 e. The molecule has 0 saturated carbocycles. The number of carbonyl (C=O) groups is 2. The normalized spacial score (nSPS) is 9.86. The maximum absolute atomic E-state index is 12.1. The average molecular weight is 301 g/mol. The minimum atomic E-state index is -0.527. The van der Waals surface area contributed by atoms with Gasteiger partial charge in [-0.25, -0.2) is 14.8 Å². The van der Waals surface area contributed by atoms with Crippen LogP contribution in [-0.4, -0.2) is 33.6 Å². The lowest BCUT2D eigenvalue weighted by Gasteiger charge is -2.07. The summed E-state index contributed by atoms with van der Waals surface area (Å²) in [4.78, 5) is 35.0. The Morgan fingerprint density at radius 1 is 1.27 bits per heavy atom. The van der Waals surface area contributed by atoms with Gasteiger partial charge in [0.15, 0.2) is 0 Å². The lowest BCUT2D eigenvalue weighted by Crippen LogP contribution is -2.24. The molecule has 0 radical (unpaired) electrons. The van der Waals surface area contributed by atoms with E-state index >= 15 is 0 Å². The standard InChI is InChI=1S/C14H15N5O3/c1-2-22-14(21)18-8-11-5-10(3-4-17-11)13(20)19-12-6-15-9-16-7-12/h3-7,9H,2,8H2,1H3,(H,18,21)(H,19,20). The zero-order valence-corrected chi connectivity index (χ0v) is 11.9. The Morgan fingerprint density at radius 3 is 2.77 bits per heavy atom. The second kappa shape index (κ2) is 7.67. The molecule has 2 aromatic heterocycles. The van der Waals surface area contributed by atoms with Gasteiger partial charge in [0.1, 0.15) is 6.33 Å². The number of aromatic nitrogens is 3. The van der Waals surface area contributed by atoms with Gasteiger partial charge in [0.05, 0.1) is 36.9 Å². The average Bonchev–Trinajstić information content (AvgIpc) is 2.54. The van der Waals surface area contributed by atoms with Crippen molar-refractivity contribution in [3.05, 3.63) is 48.3 Å². The summed E-state index contributed by atoms with van der Waals surface area (Å²) in [6.07, 6.45) is 5.34. The van der Waals surface area contributed by atoms with Crippen LogP contribution in [0.2, 0.25) is 0 Å². The first-order valence-corrected chi connectivity index (χ1v) is 6.61. The Kier molecular flexibility index (Phi) is 5.36. The molecule has 2 rings (SSSR count). The molecule has 0 aliphatic heterocycles. The van der Waals surface area contributed by atoms with Crippen LogP contribution >= 0.6 is 0 Å². The maximum Gasteiger partial charge on any atom is 0.407 e. The molecular weight excluding hydrogens is 286 g/mol. The Labute approximate surface area is 127 Å². The van der Waals surface area contributed by atoms with Gasteiger partial charge in [0, 0.05) is 11.8 Å². The number of hydrogen-bond acceptors (Lipinski definition) is 6. The fourth-order valence-electron chi connectivity index (χ4n) is 1.63. The predicted molar refractivity (Wildman–Crippen MR) is 78.1 cm³/mol. The number of hydrogen-bond donors (Lipinski definition) is 2.